The van der Waals surface area contributed by atoms with Gasteiger partial charge in [0.25, 0.3) is 6.29 Å². The lowest BCUT2D eigenvalue weighted by atomic mass is 10.0. The Bertz CT molecular complexity index is 1040. The van der Waals surface area contributed by atoms with E-state index in [1.165, 1.54) is 180 Å². The van der Waals surface area contributed by atoms with Gasteiger partial charge in [0.15, 0.2) is 6.10 Å². The molecule has 0 radical (unpaired) electrons. The number of hydrogen-bond acceptors (Lipinski definition) is 7. The molecule has 2 atom stereocenters. The normalized spacial score (nSPS) is 12.8. The zero-order valence-electron chi connectivity index (χ0n) is 42.3. The second kappa shape index (κ2) is 46.6. The van der Waals surface area contributed by atoms with Crippen LogP contribution in [-0.2, 0) is 33.3 Å². The van der Waals surface area contributed by atoms with E-state index < -0.39 is 24.3 Å². The Morgan fingerprint density at radius 2 is 0.810 bits per heavy atom. The van der Waals surface area contributed by atoms with Crippen LogP contribution in [0.15, 0.2) is 12.2 Å². The first-order chi connectivity index (χ1) is 30.6. The Balaban J connectivity index is 4.26. The Morgan fingerprint density at radius 3 is 1.17 bits per heavy atom. The van der Waals surface area contributed by atoms with Crippen molar-refractivity contribution in [1.29, 1.82) is 0 Å². The van der Waals surface area contributed by atoms with Crippen molar-refractivity contribution in [3.8, 4) is 0 Å². The van der Waals surface area contributed by atoms with Gasteiger partial charge in [0.1, 0.15) is 13.2 Å². The lowest BCUT2D eigenvalue weighted by molar-refractivity contribution is -0.870. The largest absolute Gasteiger partial charge is 0.477 e. The van der Waals surface area contributed by atoms with Crippen LogP contribution in [0.5, 0.6) is 0 Å². The number of nitrogens with zero attached hydrogens (tertiary/aromatic N) is 1. The summed E-state index contributed by atoms with van der Waals surface area (Å²) < 4.78 is 22.8. The van der Waals surface area contributed by atoms with Crippen LogP contribution in [0.25, 0.3) is 0 Å². The van der Waals surface area contributed by atoms with Crippen LogP contribution in [0, 0.1) is 0 Å². The number of carboxylic acids is 1. The summed E-state index contributed by atoms with van der Waals surface area (Å²) in [4.78, 5) is 37.3. The van der Waals surface area contributed by atoms with Crippen LogP contribution in [-0.4, -0.2) is 87.4 Å². The molecule has 372 valence electrons. The van der Waals surface area contributed by atoms with Gasteiger partial charge in [-0.1, -0.05) is 219 Å². The topological polar surface area (TPSA) is 108 Å². The Kier molecular flexibility index (Phi) is 45.1. The monoisotopic (exact) mass is 895 g/mol. The average Bonchev–Trinajstić information content (AvgIpc) is 3.24. The first-order valence-electron chi connectivity index (χ1n) is 26.9. The molecular weight excluding hydrogens is 791 g/mol. The fourth-order valence-electron chi connectivity index (χ4n) is 7.83. The van der Waals surface area contributed by atoms with E-state index in [0.29, 0.717) is 17.4 Å². The molecule has 0 amide bonds. The molecule has 0 fully saturated rings. The average molecular weight is 895 g/mol. The molecule has 0 aromatic rings. The summed E-state index contributed by atoms with van der Waals surface area (Å²) in [7, 11) is 5.97. The molecule has 63 heavy (non-hydrogen) atoms. The van der Waals surface area contributed by atoms with Crippen molar-refractivity contribution >= 4 is 17.9 Å². The van der Waals surface area contributed by atoms with Gasteiger partial charge in [-0.3, -0.25) is 9.59 Å². The van der Waals surface area contributed by atoms with Crippen LogP contribution in [0.1, 0.15) is 258 Å². The maximum Gasteiger partial charge on any atom is 0.361 e. The quantitative estimate of drug-likeness (QED) is 0.0211. The number of rotatable bonds is 50. The standard InChI is InChI=1S/C54H103NO8/c1-6-8-10-12-14-16-18-20-22-24-25-26-27-29-30-32-34-36-38-40-42-44-51(56)61-48-50(49-62-54(53(58)59)60-47-46-55(3,4)5)63-52(57)45-43-41-39-37-35-33-31-28-23-21-19-17-15-13-11-9-7-2/h21,23,50,54H,6-20,22,24-49H2,1-5H3/p+1/b23-21-. The third-order valence-electron chi connectivity index (χ3n) is 12.0. The Hall–Kier alpha value is -1.97. The van der Waals surface area contributed by atoms with Crippen molar-refractivity contribution in [2.75, 3.05) is 47.5 Å². The van der Waals surface area contributed by atoms with Crippen molar-refractivity contribution in [2.24, 2.45) is 0 Å². The fraction of sp³-hybridized carbons (Fsp3) is 0.907. The summed E-state index contributed by atoms with van der Waals surface area (Å²) >= 11 is 0. The van der Waals surface area contributed by atoms with Gasteiger partial charge in [-0.15, -0.1) is 0 Å². The number of quaternary nitrogens is 1. The van der Waals surface area contributed by atoms with E-state index in [9.17, 15) is 19.5 Å². The van der Waals surface area contributed by atoms with Crippen molar-refractivity contribution in [3.05, 3.63) is 12.2 Å². The minimum absolute atomic E-state index is 0.177. The number of carbonyl (C=O) groups excluding carboxylic acids is 2. The van der Waals surface area contributed by atoms with Crippen LogP contribution in [0.3, 0.4) is 0 Å². The number of carbonyl (C=O) groups is 3. The van der Waals surface area contributed by atoms with E-state index in [4.69, 9.17) is 18.9 Å². The van der Waals surface area contributed by atoms with E-state index in [0.717, 1.165) is 51.4 Å². The highest BCUT2D eigenvalue weighted by molar-refractivity contribution is 5.71. The molecule has 0 aromatic heterocycles. The third-order valence-corrected chi connectivity index (χ3v) is 12.0. The van der Waals surface area contributed by atoms with Crippen LogP contribution in [0.4, 0.5) is 0 Å². The molecule has 0 aliphatic carbocycles. The molecule has 0 saturated heterocycles. The zero-order chi connectivity index (χ0) is 46.3. The molecule has 0 aromatic carbocycles. The lowest BCUT2D eigenvalue weighted by Crippen LogP contribution is -2.40. The fourth-order valence-corrected chi connectivity index (χ4v) is 7.83. The molecule has 0 aliphatic rings. The smallest absolute Gasteiger partial charge is 0.361 e. The first kappa shape index (κ1) is 61.0. The van der Waals surface area contributed by atoms with Crippen LogP contribution >= 0.6 is 0 Å². The minimum Gasteiger partial charge on any atom is -0.477 e. The molecule has 9 heteroatoms. The molecule has 0 spiro atoms. The highest BCUT2D eigenvalue weighted by Gasteiger charge is 2.25. The van der Waals surface area contributed by atoms with E-state index in [1.54, 1.807) is 0 Å². The minimum atomic E-state index is -1.51. The number of ether oxygens (including phenoxy) is 4. The molecular formula is C54H104NO8+. The predicted molar refractivity (Wildman–Crippen MR) is 263 cm³/mol. The predicted octanol–water partition coefficient (Wildman–Crippen LogP) is 15.0. The molecule has 9 nitrogen and oxygen atoms in total. The van der Waals surface area contributed by atoms with Crippen molar-refractivity contribution in [3.63, 3.8) is 0 Å². The number of unbranched alkanes of at least 4 members (excludes halogenated alkanes) is 33. The van der Waals surface area contributed by atoms with Gasteiger partial charge in [-0.05, 0) is 38.5 Å². The molecule has 0 rings (SSSR count). The number of hydrogen-bond donors (Lipinski definition) is 1. The van der Waals surface area contributed by atoms with Crippen LogP contribution < -0.4 is 0 Å². The van der Waals surface area contributed by atoms with Crippen LogP contribution in [0.2, 0.25) is 0 Å². The van der Waals surface area contributed by atoms with Gasteiger partial charge in [0.05, 0.1) is 34.4 Å². The molecule has 2 unspecified atom stereocenters. The summed E-state index contributed by atoms with van der Waals surface area (Å²) in [6, 6.07) is 0. The van der Waals surface area contributed by atoms with E-state index in [-0.39, 0.29) is 32.2 Å². The van der Waals surface area contributed by atoms with Gasteiger partial charge in [0.2, 0.25) is 0 Å². The van der Waals surface area contributed by atoms with Gasteiger partial charge >= 0.3 is 17.9 Å². The van der Waals surface area contributed by atoms with Crippen molar-refractivity contribution in [2.45, 2.75) is 270 Å². The summed E-state index contributed by atoms with van der Waals surface area (Å²) in [6.45, 7) is 4.91. The highest BCUT2D eigenvalue weighted by Crippen LogP contribution is 2.17. The second-order valence-electron chi connectivity index (χ2n) is 19.5. The SMILES string of the molecule is CCCCCCCC/C=C\CCCCCCCCCC(=O)OC(COC(=O)CCCCCCCCCCCCCCCCCCCCCCC)COC(OCC[N+](C)(C)C)C(=O)O. The number of esters is 2. The summed E-state index contributed by atoms with van der Waals surface area (Å²) in [6.07, 6.45) is 48.5. The lowest BCUT2D eigenvalue weighted by Gasteiger charge is -2.25. The number of aliphatic carboxylic acids is 1. The second-order valence-corrected chi connectivity index (χ2v) is 19.5. The van der Waals surface area contributed by atoms with Gasteiger partial charge < -0.3 is 28.5 Å². The van der Waals surface area contributed by atoms with E-state index in [1.807, 2.05) is 21.1 Å². The maximum atomic E-state index is 12.8. The highest BCUT2D eigenvalue weighted by atomic mass is 16.7. The van der Waals surface area contributed by atoms with Crippen molar-refractivity contribution < 1.29 is 42.9 Å². The Labute approximate surface area is 389 Å². The number of likely N-dealkylation sites (N-methyl/N-ethyl adjacent to an activating group) is 1. The number of carboxylic acid groups (broad SMARTS) is 1. The zero-order valence-corrected chi connectivity index (χ0v) is 42.3. The molecule has 0 aliphatic heterocycles. The van der Waals surface area contributed by atoms with E-state index >= 15 is 0 Å². The first-order valence-corrected chi connectivity index (χ1v) is 26.9. The molecule has 0 heterocycles. The number of allylic oxidation sites excluding steroid dienone is 2. The van der Waals surface area contributed by atoms with Crippen molar-refractivity contribution in [1.82, 2.24) is 0 Å². The summed E-state index contributed by atoms with van der Waals surface area (Å²) in [5.41, 5.74) is 0. The molecule has 1 N–H and O–H groups in total. The maximum absolute atomic E-state index is 12.8. The summed E-state index contributed by atoms with van der Waals surface area (Å²) in [5.74, 6) is -1.99. The summed E-state index contributed by atoms with van der Waals surface area (Å²) in [5, 5.41) is 9.67. The van der Waals surface area contributed by atoms with Gasteiger partial charge in [0, 0.05) is 12.8 Å². The van der Waals surface area contributed by atoms with E-state index in [2.05, 4.69) is 26.0 Å². The molecule has 0 bridgehead atoms. The van der Waals surface area contributed by atoms with Gasteiger partial charge in [-0.25, -0.2) is 4.79 Å². The third kappa shape index (κ3) is 47.8. The molecule has 0 saturated carbocycles. The Morgan fingerprint density at radius 1 is 0.460 bits per heavy atom. The van der Waals surface area contributed by atoms with Gasteiger partial charge in [-0.2, -0.15) is 0 Å².